The predicted molar refractivity (Wildman–Crippen MR) is 157 cm³/mol. The maximum absolute atomic E-state index is 11.8. The van der Waals surface area contributed by atoms with Crippen LogP contribution in [0.4, 0.5) is 11.4 Å². The molecule has 5 rings (SSSR count). The first-order chi connectivity index (χ1) is 16.5. The lowest BCUT2D eigenvalue weighted by Gasteiger charge is -2.36. The van der Waals surface area contributed by atoms with Crippen LogP contribution in [0.15, 0.2) is 65.7 Å². The number of hydrogen-bond acceptors (Lipinski definition) is 6. The molecule has 2 N–H and O–H groups in total. The lowest BCUT2D eigenvalue weighted by Crippen LogP contribution is -2.47. The Hall–Kier alpha value is -2.45. The number of pyridine rings is 1. The number of nitrogens with two attached hydrogens (primary N) is 1. The first-order valence-corrected chi connectivity index (χ1v) is 12.8. The first-order valence-electron chi connectivity index (χ1n) is 11.9. The number of carbonyl (C=O) groups is 1. The van der Waals surface area contributed by atoms with Crippen molar-refractivity contribution in [1.29, 1.82) is 0 Å². The van der Waals surface area contributed by atoms with Gasteiger partial charge in [-0.25, -0.2) is 0 Å². The molecule has 9 heteroatoms. The highest BCUT2D eigenvalue weighted by Gasteiger charge is 2.28. The van der Waals surface area contributed by atoms with E-state index in [0.717, 1.165) is 56.0 Å². The van der Waals surface area contributed by atoms with Crippen molar-refractivity contribution in [2.75, 3.05) is 42.5 Å². The van der Waals surface area contributed by atoms with Gasteiger partial charge < -0.3 is 15.5 Å². The summed E-state index contributed by atoms with van der Waals surface area (Å²) in [6.45, 7) is 9.28. The molecule has 0 spiro atoms. The molecule has 0 aliphatic carbocycles. The number of anilines is 2. The zero-order valence-corrected chi connectivity index (χ0v) is 23.0. The fourth-order valence-electron chi connectivity index (χ4n) is 4.88. The second-order valence-corrected chi connectivity index (χ2v) is 10.2. The van der Waals surface area contributed by atoms with Gasteiger partial charge in [0, 0.05) is 60.6 Å². The Morgan fingerprint density at radius 2 is 1.81 bits per heavy atom. The van der Waals surface area contributed by atoms with Crippen LogP contribution in [0.25, 0.3) is 10.9 Å². The van der Waals surface area contributed by atoms with Crippen LogP contribution in [0, 0.1) is 6.92 Å². The minimum Gasteiger partial charge on any atom is -0.368 e. The van der Waals surface area contributed by atoms with E-state index in [2.05, 4.69) is 71.3 Å². The van der Waals surface area contributed by atoms with Crippen LogP contribution in [-0.4, -0.2) is 53.9 Å². The van der Waals surface area contributed by atoms with E-state index in [1.807, 2.05) is 17.2 Å². The maximum Gasteiger partial charge on any atom is 0.265 e. The molecule has 1 aromatic heterocycles. The van der Waals surface area contributed by atoms with Crippen molar-refractivity contribution in [2.45, 2.75) is 25.6 Å². The van der Waals surface area contributed by atoms with Gasteiger partial charge in [0.1, 0.15) is 5.70 Å². The van der Waals surface area contributed by atoms with Gasteiger partial charge in [0.15, 0.2) is 0 Å². The third kappa shape index (κ3) is 5.92. The molecule has 1 fully saturated rings. The minimum absolute atomic E-state index is 0. The Morgan fingerprint density at radius 1 is 1.06 bits per heavy atom. The molecule has 0 bridgehead atoms. The summed E-state index contributed by atoms with van der Waals surface area (Å²) in [7, 11) is 0. The van der Waals surface area contributed by atoms with Gasteiger partial charge in [-0.15, -0.1) is 36.6 Å². The maximum atomic E-state index is 11.8. The molecule has 1 amide bonds. The lowest BCUT2D eigenvalue weighted by atomic mass is 10.1. The number of piperazine rings is 1. The summed E-state index contributed by atoms with van der Waals surface area (Å²) in [6.07, 6.45) is 0.982. The van der Waals surface area contributed by atoms with Crippen molar-refractivity contribution in [3.8, 4) is 0 Å². The van der Waals surface area contributed by atoms with Gasteiger partial charge in [-0.3, -0.25) is 14.7 Å². The number of nitrogens with zero attached hydrogens (tertiary/aromatic N) is 4. The van der Waals surface area contributed by atoms with Crippen molar-refractivity contribution in [3.63, 3.8) is 0 Å². The van der Waals surface area contributed by atoms with Crippen LogP contribution in [0.2, 0.25) is 0 Å². The molecule has 1 atom stereocenters. The Balaban J connectivity index is 0.00000180. The lowest BCUT2D eigenvalue weighted by molar-refractivity contribution is -0.114. The highest BCUT2D eigenvalue weighted by molar-refractivity contribution is 8.03. The molecular formula is C27H33Cl2N5OS. The number of aromatic nitrogens is 1. The molecule has 192 valence electrons. The third-order valence-corrected chi connectivity index (χ3v) is 7.68. The molecular weight excluding hydrogens is 513 g/mol. The summed E-state index contributed by atoms with van der Waals surface area (Å²) in [5.74, 6) is -0.378. The van der Waals surface area contributed by atoms with Crippen LogP contribution in [-0.2, 0) is 11.2 Å². The van der Waals surface area contributed by atoms with E-state index < -0.39 is 0 Å². The fraction of sp³-hybridized carbons (Fsp3) is 0.333. The third-order valence-electron chi connectivity index (χ3n) is 6.72. The molecule has 1 saturated heterocycles. The minimum atomic E-state index is -0.378. The number of rotatable bonds is 6. The van der Waals surface area contributed by atoms with Gasteiger partial charge in [0.05, 0.1) is 10.9 Å². The van der Waals surface area contributed by atoms with E-state index in [1.165, 1.54) is 16.6 Å². The Morgan fingerprint density at radius 3 is 2.56 bits per heavy atom. The summed E-state index contributed by atoms with van der Waals surface area (Å²) in [4.78, 5) is 23.6. The molecule has 2 aliphatic heterocycles. The fourth-order valence-corrected chi connectivity index (χ4v) is 5.79. The summed E-state index contributed by atoms with van der Waals surface area (Å²) in [6, 6.07) is 19.2. The highest BCUT2D eigenvalue weighted by Crippen LogP contribution is 2.35. The summed E-state index contributed by atoms with van der Waals surface area (Å²) >= 11 is 1.62. The van der Waals surface area contributed by atoms with E-state index in [4.69, 9.17) is 10.7 Å². The largest absolute Gasteiger partial charge is 0.368 e. The standard InChI is InChI=1S/C27H31N5OS.2ClH/c1-19-9-10-23-24(29-19)7-4-8-25(23)31-15-13-30(14-16-31)12-11-21-5-3-6-22(17-21)32-20(2)34-18-26(32)27(28)33;;/h3-10,17-18,20H,11-16H2,1-2H3,(H2,28,33);2*1H. The van der Waals surface area contributed by atoms with Gasteiger partial charge in [0.25, 0.3) is 5.91 Å². The molecule has 36 heavy (non-hydrogen) atoms. The zero-order valence-electron chi connectivity index (χ0n) is 20.6. The highest BCUT2D eigenvalue weighted by atomic mass is 35.5. The van der Waals surface area contributed by atoms with E-state index in [0.29, 0.717) is 5.70 Å². The van der Waals surface area contributed by atoms with Gasteiger partial charge >= 0.3 is 0 Å². The number of primary amides is 1. The molecule has 2 aliphatic rings. The molecule has 0 saturated carbocycles. The molecule has 2 aromatic carbocycles. The van der Waals surface area contributed by atoms with Crippen molar-refractivity contribution < 1.29 is 4.79 Å². The van der Waals surface area contributed by atoms with Crippen LogP contribution >= 0.6 is 36.6 Å². The van der Waals surface area contributed by atoms with E-state index in [1.54, 1.807) is 11.8 Å². The Bertz CT molecular complexity index is 1250. The number of benzene rings is 2. The van der Waals surface area contributed by atoms with Gasteiger partial charge in [-0.05, 0) is 62.2 Å². The average Bonchev–Trinajstić information content (AvgIpc) is 3.24. The van der Waals surface area contributed by atoms with Crippen molar-refractivity contribution in [2.24, 2.45) is 5.73 Å². The van der Waals surface area contributed by atoms with Crippen molar-refractivity contribution in [3.05, 3.63) is 77.0 Å². The van der Waals surface area contributed by atoms with Gasteiger partial charge in [-0.1, -0.05) is 18.2 Å². The second kappa shape index (κ2) is 12.2. The van der Waals surface area contributed by atoms with E-state index in [9.17, 15) is 4.79 Å². The quantitative estimate of drug-likeness (QED) is 0.471. The number of fused-ring (bicyclic) bond motifs is 1. The van der Waals surface area contributed by atoms with Crippen LogP contribution in [0.5, 0.6) is 0 Å². The number of amides is 1. The second-order valence-electron chi connectivity index (χ2n) is 9.02. The Labute approximate surface area is 229 Å². The molecule has 1 unspecified atom stereocenters. The monoisotopic (exact) mass is 545 g/mol. The molecule has 3 aromatic rings. The predicted octanol–water partition coefficient (Wildman–Crippen LogP) is 4.98. The number of hydrogen-bond donors (Lipinski definition) is 1. The zero-order chi connectivity index (χ0) is 23.7. The van der Waals surface area contributed by atoms with Crippen LogP contribution in [0.1, 0.15) is 18.2 Å². The van der Waals surface area contributed by atoms with Gasteiger partial charge in [0.2, 0.25) is 0 Å². The Kier molecular flexibility index (Phi) is 9.53. The van der Waals surface area contributed by atoms with Gasteiger partial charge in [-0.2, -0.15) is 0 Å². The van der Waals surface area contributed by atoms with Crippen LogP contribution < -0.4 is 15.5 Å². The topological polar surface area (TPSA) is 65.7 Å². The van der Waals surface area contributed by atoms with Crippen molar-refractivity contribution >= 4 is 64.8 Å². The van der Waals surface area contributed by atoms with Crippen molar-refractivity contribution in [1.82, 2.24) is 9.88 Å². The molecule has 0 radical (unpaired) electrons. The summed E-state index contributed by atoms with van der Waals surface area (Å²) in [5.41, 5.74) is 11.9. The number of halogens is 2. The molecule has 6 nitrogen and oxygen atoms in total. The molecule has 3 heterocycles. The number of aryl methyl sites for hydroxylation is 1. The average molecular weight is 547 g/mol. The number of carbonyl (C=O) groups excluding carboxylic acids is 1. The first kappa shape index (κ1) is 28.1. The number of thioether (sulfide) groups is 1. The summed E-state index contributed by atoms with van der Waals surface area (Å²) in [5, 5.41) is 3.27. The SMILES string of the molecule is Cc1ccc2c(N3CCN(CCc4cccc(N5C(C(N)=O)=CSC5C)c4)CC3)cccc2n1.Cl.Cl. The van der Waals surface area contributed by atoms with E-state index >= 15 is 0 Å². The normalized spacial score (nSPS) is 17.9. The van der Waals surface area contributed by atoms with E-state index in [-0.39, 0.29) is 36.1 Å². The summed E-state index contributed by atoms with van der Waals surface area (Å²) < 4.78 is 0. The smallest absolute Gasteiger partial charge is 0.265 e. The van der Waals surface area contributed by atoms with Crippen LogP contribution in [0.3, 0.4) is 0 Å².